The molecular weight excluding hydrogens is 544 g/mol. The molecule has 2 heteroatoms. The molecule has 2 nitrogen and oxygen atoms in total. The van der Waals surface area contributed by atoms with Crippen LogP contribution in [0.25, 0.3) is 0 Å². The summed E-state index contributed by atoms with van der Waals surface area (Å²) in [7, 11) is 0. The van der Waals surface area contributed by atoms with Crippen LogP contribution in [-0.2, 0) is 0 Å². The molecule has 0 aromatic heterocycles. The normalized spacial score (nSPS) is 14.8. The summed E-state index contributed by atoms with van der Waals surface area (Å²) in [5.41, 5.74) is 0. The lowest BCUT2D eigenvalue weighted by Gasteiger charge is -2.33. The van der Waals surface area contributed by atoms with Gasteiger partial charge in [-0.2, -0.15) is 0 Å². The fraction of sp³-hybridized carbons (Fsp3) is 0.953. The highest BCUT2D eigenvalue weighted by molar-refractivity contribution is 4.97. The number of unbranched alkanes of at least 4 members (excludes halogenated alkanes) is 31. The average molecular weight is 631 g/mol. The van der Waals surface area contributed by atoms with Crippen molar-refractivity contribution in [2.75, 3.05) is 13.1 Å². The van der Waals surface area contributed by atoms with Gasteiger partial charge in [-0.1, -0.05) is 220 Å². The van der Waals surface area contributed by atoms with E-state index in [0.29, 0.717) is 6.17 Å². The first-order chi connectivity index (χ1) is 22.3. The van der Waals surface area contributed by atoms with E-state index in [0.717, 1.165) is 0 Å². The molecule has 0 saturated carbocycles. The van der Waals surface area contributed by atoms with E-state index in [1.54, 1.807) is 0 Å². The Hall–Kier alpha value is -0.660. The Balaban J connectivity index is 2.08. The van der Waals surface area contributed by atoms with Gasteiger partial charge in [-0.3, -0.25) is 0 Å². The van der Waals surface area contributed by atoms with Gasteiger partial charge in [0.1, 0.15) is 6.17 Å². The van der Waals surface area contributed by atoms with Crippen LogP contribution in [0.5, 0.6) is 0 Å². The molecule has 1 aliphatic rings. The number of nitrogens with zero attached hydrogens (tertiary/aromatic N) is 2. The molecule has 0 bridgehead atoms. The highest BCUT2D eigenvalue weighted by Gasteiger charge is 2.24. The first-order valence-electron chi connectivity index (χ1n) is 21.5. The molecule has 0 saturated heterocycles. The van der Waals surface area contributed by atoms with Crippen molar-refractivity contribution in [3.8, 4) is 0 Å². The standard InChI is InChI=1S/C43H86N2/c1-4-7-10-13-15-17-19-21-23-25-27-29-31-33-35-38-43-44(39-36-12-9-6-3)41-42-45(43)40-37-34-32-30-28-26-24-22-20-18-16-14-11-8-5-2/h41-43H,4-40H2,1-3H3. The van der Waals surface area contributed by atoms with Crippen molar-refractivity contribution in [3.63, 3.8) is 0 Å². The van der Waals surface area contributed by atoms with Crippen molar-refractivity contribution >= 4 is 0 Å². The predicted octanol–water partition coefficient (Wildman–Crippen LogP) is 15.1. The van der Waals surface area contributed by atoms with Crippen molar-refractivity contribution in [3.05, 3.63) is 12.4 Å². The van der Waals surface area contributed by atoms with E-state index in [1.165, 1.54) is 238 Å². The topological polar surface area (TPSA) is 6.48 Å². The SMILES string of the molecule is CCCCCCCCCCCCCCCCCC1N(CCCCCC)C=CN1CCCCCCCCCCCCCCCCC. The Labute approximate surface area is 286 Å². The Bertz CT molecular complexity index is 586. The Kier molecular flexibility index (Phi) is 32.6. The van der Waals surface area contributed by atoms with Gasteiger partial charge in [0.25, 0.3) is 0 Å². The van der Waals surface area contributed by atoms with Crippen LogP contribution in [0.15, 0.2) is 12.4 Å². The highest BCUT2D eigenvalue weighted by atomic mass is 15.4. The second kappa shape index (κ2) is 34.7. The van der Waals surface area contributed by atoms with Gasteiger partial charge in [0.2, 0.25) is 0 Å². The lowest BCUT2D eigenvalue weighted by atomic mass is 10.0. The van der Waals surface area contributed by atoms with Crippen LogP contribution in [0.3, 0.4) is 0 Å². The van der Waals surface area contributed by atoms with Gasteiger partial charge in [-0.05, 0) is 25.7 Å². The second-order valence-corrected chi connectivity index (χ2v) is 15.0. The summed E-state index contributed by atoms with van der Waals surface area (Å²) < 4.78 is 0. The fourth-order valence-corrected chi connectivity index (χ4v) is 7.42. The van der Waals surface area contributed by atoms with Crippen molar-refractivity contribution in [1.29, 1.82) is 0 Å². The minimum atomic E-state index is 0.639. The van der Waals surface area contributed by atoms with Crippen LogP contribution >= 0.6 is 0 Å². The van der Waals surface area contributed by atoms with E-state index in [2.05, 4.69) is 43.0 Å². The van der Waals surface area contributed by atoms with E-state index in [1.807, 2.05) is 0 Å². The number of hydrogen-bond acceptors (Lipinski definition) is 2. The zero-order valence-electron chi connectivity index (χ0n) is 31.8. The number of rotatable bonds is 37. The molecule has 0 N–H and O–H groups in total. The molecule has 0 aliphatic carbocycles. The van der Waals surface area contributed by atoms with Crippen molar-refractivity contribution in [2.24, 2.45) is 0 Å². The molecule has 1 unspecified atom stereocenters. The zero-order chi connectivity index (χ0) is 32.3. The molecule has 1 atom stereocenters. The van der Waals surface area contributed by atoms with Crippen LogP contribution in [0, 0.1) is 0 Å². The Morgan fingerprint density at radius 1 is 0.289 bits per heavy atom. The first kappa shape index (κ1) is 42.4. The van der Waals surface area contributed by atoms with E-state index in [4.69, 9.17) is 0 Å². The van der Waals surface area contributed by atoms with Gasteiger partial charge in [-0.15, -0.1) is 0 Å². The molecule has 0 amide bonds. The maximum absolute atomic E-state index is 2.71. The second-order valence-electron chi connectivity index (χ2n) is 15.0. The zero-order valence-corrected chi connectivity index (χ0v) is 31.8. The van der Waals surface area contributed by atoms with Crippen molar-refractivity contribution in [1.82, 2.24) is 9.80 Å². The van der Waals surface area contributed by atoms with Gasteiger partial charge in [0.05, 0.1) is 0 Å². The summed E-state index contributed by atoms with van der Waals surface area (Å²) in [5, 5.41) is 0. The van der Waals surface area contributed by atoms with Crippen LogP contribution in [0.4, 0.5) is 0 Å². The van der Waals surface area contributed by atoms with E-state index in [-0.39, 0.29) is 0 Å². The van der Waals surface area contributed by atoms with E-state index in [9.17, 15) is 0 Å². The molecule has 45 heavy (non-hydrogen) atoms. The quantitative estimate of drug-likeness (QED) is 0.0630. The highest BCUT2D eigenvalue weighted by Crippen LogP contribution is 2.24. The van der Waals surface area contributed by atoms with Crippen molar-refractivity contribution in [2.45, 2.75) is 252 Å². The van der Waals surface area contributed by atoms with Gasteiger partial charge < -0.3 is 9.80 Å². The summed E-state index contributed by atoms with van der Waals surface area (Å²) in [5.74, 6) is 0. The lowest BCUT2D eigenvalue weighted by Crippen LogP contribution is -2.39. The molecule has 1 heterocycles. The summed E-state index contributed by atoms with van der Waals surface area (Å²) in [6.07, 6.45) is 55.9. The Morgan fingerprint density at radius 2 is 0.511 bits per heavy atom. The van der Waals surface area contributed by atoms with Gasteiger partial charge in [-0.25, -0.2) is 0 Å². The third-order valence-corrected chi connectivity index (χ3v) is 10.6. The molecule has 0 aromatic rings. The van der Waals surface area contributed by atoms with Gasteiger partial charge in [0, 0.05) is 25.5 Å². The number of hydrogen-bond donors (Lipinski definition) is 0. The summed E-state index contributed by atoms with van der Waals surface area (Å²) in [6.45, 7) is 9.48. The van der Waals surface area contributed by atoms with Crippen LogP contribution in [0.2, 0.25) is 0 Å². The van der Waals surface area contributed by atoms with E-state index < -0.39 is 0 Å². The van der Waals surface area contributed by atoms with Crippen LogP contribution < -0.4 is 0 Å². The van der Waals surface area contributed by atoms with Crippen LogP contribution in [0.1, 0.15) is 245 Å². The molecule has 0 spiro atoms. The predicted molar refractivity (Wildman–Crippen MR) is 205 cm³/mol. The molecule has 0 fully saturated rings. The maximum Gasteiger partial charge on any atom is 0.101 e. The summed E-state index contributed by atoms with van der Waals surface area (Å²) in [4.78, 5) is 5.41. The molecular formula is C43H86N2. The average Bonchev–Trinajstić information content (AvgIpc) is 3.44. The minimum Gasteiger partial charge on any atom is -0.356 e. The Morgan fingerprint density at radius 3 is 0.800 bits per heavy atom. The molecule has 0 aromatic carbocycles. The molecule has 268 valence electrons. The monoisotopic (exact) mass is 631 g/mol. The van der Waals surface area contributed by atoms with E-state index >= 15 is 0 Å². The summed E-state index contributed by atoms with van der Waals surface area (Å²) >= 11 is 0. The lowest BCUT2D eigenvalue weighted by molar-refractivity contribution is 0.135. The molecule has 1 rings (SSSR count). The smallest absolute Gasteiger partial charge is 0.101 e. The maximum atomic E-state index is 2.71. The fourth-order valence-electron chi connectivity index (χ4n) is 7.42. The first-order valence-corrected chi connectivity index (χ1v) is 21.5. The van der Waals surface area contributed by atoms with Gasteiger partial charge >= 0.3 is 0 Å². The third kappa shape index (κ3) is 27.0. The van der Waals surface area contributed by atoms with Crippen molar-refractivity contribution < 1.29 is 0 Å². The molecule has 1 aliphatic heterocycles. The molecule has 0 radical (unpaired) electrons. The largest absolute Gasteiger partial charge is 0.356 e. The third-order valence-electron chi connectivity index (χ3n) is 10.6. The summed E-state index contributed by atoms with van der Waals surface area (Å²) in [6, 6.07) is 0. The van der Waals surface area contributed by atoms with Gasteiger partial charge in [0.15, 0.2) is 0 Å². The van der Waals surface area contributed by atoms with Crippen LogP contribution in [-0.4, -0.2) is 29.1 Å². The minimum absolute atomic E-state index is 0.639.